The van der Waals surface area contributed by atoms with Gasteiger partial charge in [-0.25, -0.2) is 9.97 Å². The first kappa shape index (κ1) is 10.4. The topological polar surface area (TPSA) is 81.3 Å². The summed E-state index contributed by atoms with van der Waals surface area (Å²) in [5.74, 6) is 0.209. The number of nitrogen functional groups attached to an aromatic ring is 1. The number of amides is 1. The summed E-state index contributed by atoms with van der Waals surface area (Å²) in [4.78, 5) is 21.1. The predicted octanol–water partition coefficient (Wildman–Crippen LogP) is 0.284. The first-order valence-corrected chi connectivity index (χ1v) is 5.51. The number of nitrogens with zero attached hydrogens (tertiary/aromatic N) is 3. The van der Waals surface area contributed by atoms with E-state index in [0.29, 0.717) is 6.54 Å². The van der Waals surface area contributed by atoms with Crippen LogP contribution < -0.4 is 10.5 Å². The Kier molecular flexibility index (Phi) is 2.63. The van der Waals surface area contributed by atoms with E-state index in [-0.39, 0.29) is 27.3 Å². The SMILES string of the molecule is CN1C[C@H](I)Oc2ncnc(N)c2C1=O. The monoisotopic (exact) mass is 320 g/mol. The Balaban J connectivity index is 2.55. The molecule has 0 bridgehead atoms. The third-order valence-electron chi connectivity index (χ3n) is 2.06. The summed E-state index contributed by atoms with van der Waals surface area (Å²) in [6.45, 7) is 0.495. The van der Waals surface area contributed by atoms with Crippen molar-refractivity contribution < 1.29 is 9.53 Å². The van der Waals surface area contributed by atoms with Crippen molar-refractivity contribution >= 4 is 34.3 Å². The Hall–Kier alpha value is -1.12. The lowest BCUT2D eigenvalue weighted by Crippen LogP contribution is -2.31. The van der Waals surface area contributed by atoms with Crippen molar-refractivity contribution in [1.29, 1.82) is 0 Å². The van der Waals surface area contributed by atoms with E-state index in [1.54, 1.807) is 11.9 Å². The minimum atomic E-state index is -0.206. The summed E-state index contributed by atoms with van der Waals surface area (Å²) in [7, 11) is 1.69. The van der Waals surface area contributed by atoms with Gasteiger partial charge in [0, 0.05) is 7.05 Å². The Bertz CT molecular complexity index is 412. The van der Waals surface area contributed by atoms with Gasteiger partial charge in [-0.15, -0.1) is 0 Å². The number of nitrogens with two attached hydrogens (primary N) is 1. The summed E-state index contributed by atoms with van der Waals surface area (Å²) >= 11 is 2.10. The van der Waals surface area contributed by atoms with E-state index >= 15 is 0 Å². The molecule has 1 atom stereocenters. The summed E-state index contributed by atoms with van der Waals surface area (Å²) in [5.41, 5.74) is 5.88. The molecule has 1 amide bonds. The Labute approximate surface area is 100.0 Å². The van der Waals surface area contributed by atoms with Crippen molar-refractivity contribution in [2.45, 2.75) is 4.11 Å². The van der Waals surface area contributed by atoms with E-state index in [1.165, 1.54) is 6.33 Å². The number of likely N-dealkylation sites (N-methyl/N-ethyl adjacent to an activating group) is 1. The second-order valence-corrected chi connectivity index (χ2v) is 4.54. The van der Waals surface area contributed by atoms with Crippen LogP contribution in [0.25, 0.3) is 0 Å². The van der Waals surface area contributed by atoms with Crippen molar-refractivity contribution in [2.24, 2.45) is 0 Å². The lowest BCUT2D eigenvalue weighted by Gasteiger charge is -2.14. The number of fused-ring (bicyclic) bond motifs is 1. The van der Waals surface area contributed by atoms with E-state index in [0.717, 1.165) is 0 Å². The van der Waals surface area contributed by atoms with Crippen LogP contribution in [0.5, 0.6) is 5.88 Å². The van der Waals surface area contributed by atoms with Crippen LogP contribution in [0, 0.1) is 0 Å². The molecular formula is C8H9IN4O2. The zero-order chi connectivity index (χ0) is 11.0. The van der Waals surface area contributed by atoms with Crippen LogP contribution in [0.3, 0.4) is 0 Å². The molecule has 0 saturated carbocycles. The summed E-state index contributed by atoms with van der Waals surface area (Å²) < 4.78 is 5.34. The van der Waals surface area contributed by atoms with Crippen LogP contribution in [0.15, 0.2) is 6.33 Å². The van der Waals surface area contributed by atoms with Gasteiger partial charge in [0.15, 0.2) is 4.11 Å². The summed E-state index contributed by atoms with van der Waals surface area (Å²) in [5, 5.41) is 0. The predicted molar refractivity (Wildman–Crippen MR) is 61.8 cm³/mol. The molecule has 0 spiro atoms. The molecule has 2 heterocycles. The van der Waals surface area contributed by atoms with E-state index in [9.17, 15) is 4.79 Å². The van der Waals surface area contributed by atoms with Gasteiger partial charge in [-0.1, -0.05) is 0 Å². The second kappa shape index (κ2) is 3.80. The highest BCUT2D eigenvalue weighted by atomic mass is 127. The van der Waals surface area contributed by atoms with E-state index in [2.05, 4.69) is 32.6 Å². The van der Waals surface area contributed by atoms with Crippen molar-refractivity contribution in [2.75, 3.05) is 19.3 Å². The molecule has 0 unspecified atom stereocenters. The van der Waals surface area contributed by atoms with Crippen LogP contribution in [0.2, 0.25) is 0 Å². The van der Waals surface area contributed by atoms with Crippen molar-refractivity contribution in [1.82, 2.24) is 14.9 Å². The van der Waals surface area contributed by atoms with Gasteiger partial charge in [0.2, 0.25) is 5.88 Å². The van der Waals surface area contributed by atoms with Gasteiger partial charge in [-0.3, -0.25) is 4.79 Å². The van der Waals surface area contributed by atoms with Crippen LogP contribution in [0.4, 0.5) is 5.82 Å². The molecule has 15 heavy (non-hydrogen) atoms. The van der Waals surface area contributed by atoms with Crippen LogP contribution in [-0.2, 0) is 0 Å². The number of hydrogen-bond donors (Lipinski definition) is 1. The first-order valence-electron chi connectivity index (χ1n) is 4.26. The lowest BCUT2D eigenvalue weighted by molar-refractivity contribution is 0.0794. The standard InChI is InChI=1S/C8H9IN4O2/c1-13-2-4(9)15-7-5(8(13)14)6(10)11-3-12-7/h3-4H,2H2,1H3,(H2,10,11,12)/t4-/m1/s1. The highest BCUT2D eigenvalue weighted by molar-refractivity contribution is 14.1. The number of carbonyl (C=O) groups is 1. The van der Waals surface area contributed by atoms with Gasteiger partial charge in [0.05, 0.1) is 6.54 Å². The molecule has 6 nitrogen and oxygen atoms in total. The molecule has 2 rings (SSSR count). The number of alkyl halides is 1. The minimum Gasteiger partial charge on any atom is -0.461 e. The summed E-state index contributed by atoms with van der Waals surface area (Å²) in [6, 6.07) is 0. The number of rotatable bonds is 0. The fourth-order valence-electron chi connectivity index (χ4n) is 1.32. The maximum atomic E-state index is 11.9. The molecule has 0 radical (unpaired) electrons. The molecule has 0 aromatic carbocycles. The number of hydrogen-bond acceptors (Lipinski definition) is 5. The largest absolute Gasteiger partial charge is 0.461 e. The summed E-state index contributed by atoms with van der Waals surface area (Å²) in [6.07, 6.45) is 1.29. The van der Waals surface area contributed by atoms with Crippen LogP contribution >= 0.6 is 22.6 Å². The first-order chi connectivity index (χ1) is 7.09. The van der Waals surface area contributed by atoms with E-state index in [1.807, 2.05) is 0 Å². The molecule has 2 N–H and O–H groups in total. The fraction of sp³-hybridized carbons (Fsp3) is 0.375. The van der Waals surface area contributed by atoms with Crippen molar-refractivity contribution in [3.8, 4) is 5.88 Å². The smallest absolute Gasteiger partial charge is 0.263 e. The number of anilines is 1. The van der Waals surface area contributed by atoms with Gasteiger partial charge in [0.1, 0.15) is 17.7 Å². The zero-order valence-electron chi connectivity index (χ0n) is 7.98. The number of halogens is 1. The number of aromatic nitrogens is 2. The molecule has 1 aromatic heterocycles. The molecule has 7 heteroatoms. The maximum Gasteiger partial charge on any atom is 0.263 e. The quantitative estimate of drug-likeness (QED) is 0.549. The highest BCUT2D eigenvalue weighted by Crippen LogP contribution is 2.26. The Morgan fingerprint density at radius 3 is 3.13 bits per heavy atom. The van der Waals surface area contributed by atoms with Crippen molar-refractivity contribution in [3.05, 3.63) is 11.9 Å². The average Bonchev–Trinajstić information content (AvgIpc) is 2.26. The fourth-order valence-corrected chi connectivity index (χ4v) is 2.15. The van der Waals surface area contributed by atoms with Gasteiger partial charge < -0.3 is 15.4 Å². The second-order valence-electron chi connectivity index (χ2n) is 3.15. The number of carbonyl (C=O) groups excluding carboxylic acids is 1. The highest BCUT2D eigenvalue weighted by Gasteiger charge is 2.28. The Morgan fingerprint density at radius 2 is 2.40 bits per heavy atom. The molecule has 0 fully saturated rings. The Morgan fingerprint density at radius 1 is 1.67 bits per heavy atom. The van der Waals surface area contributed by atoms with Gasteiger partial charge in [-0.2, -0.15) is 0 Å². The molecule has 1 aliphatic heterocycles. The number of ether oxygens (including phenoxy) is 1. The van der Waals surface area contributed by atoms with Crippen molar-refractivity contribution in [3.63, 3.8) is 0 Å². The van der Waals surface area contributed by atoms with Crippen LogP contribution in [-0.4, -0.2) is 38.5 Å². The van der Waals surface area contributed by atoms with Gasteiger partial charge >= 0.3 is 0 Å². The van der Waals surface area contributed by atoms with E-state index < -0.39 is 0 Å². The third kappa shape index (κ3) is 1.83. The molecule has 1 aromatic rings. The molecule has 0 aliphatic carbocycles. The van der Waals surface area contributed by atoms with Crippen LogP contribution in [0.1, 0.15) is 10.4 Å². The van der Waals surface area contributed by atoms with E-state index in [4.69, 9.17) is 10.5 Å². The minimum absolute atomic E-state index is 0.132. The molecule has 0 saturated heterocycles. The molecule has 1 aliphatic rings. The normalized spacial score (nSPS) is 20.5. The molecule has 80 valence electrons. The molecular weight excluding hydrogens is 311 g/mol. The maximum absolute atomic E-state index is 11.9. The lowest BCUT2D eigenvalue weighted by atomic mass is 10.2. The van der Waals surface area contributed by atoms with Gasteiger partial charge in [-0.05, 0) is 22.6 Å². The average molecular weight is 320 g/mol. The third-order valence-corrected chi connectivity index (χ3v) is 2.71. The van der Waals surface area contributed by atoms with Gasteiger partial charge in [0.25, 0.3) is 5.91 Å². The zero-order valence-corrected chi connectivity index (χ0v) is 10.1.